The monoisotopic (exact) mass is 455 g/mol. The van der Waals surface area contributed by atoms with Gasteiger partial charge in [-0.3, -0.25) is 9.59 Å². The molecule has 0 unspecified atom stereocenters. The predicted molar refractivity (Wildman–Crippen MR) is 122 cm³/mol. The average molecular weight is 456 g/mol. The summed E-state index contributed by atoms with van der Waals surface area (Å²) in [6.45, 7) is 4.83. The number of phenolic OH excluding ortho intramolecular Hbond substituents is 1. The van der Waals surface area contributed by atoms with Gasteiger partial charge in [0.2, 0.25) is 5.91 Å². The zero-order valence-corrected chi connectivity index (χ0v) is 19.3. The number of hydrogen-bond donors (Lipinski definition) is 3. The van der Waals surface area contributed by atoms with Crippen molar-refractivity contribution in [1.29, 1.82) is 0 Å². The van der Waals surface area contributed by atoms with Gasteiger partial charge in [0.25, 0.3) is 5.91 Å². The molecule has 2 fully saturated rings. The third-order valence-corrected chi connectivity index (χ3v) is 6.65. The standard InChI is InChI=1S/C25H33N3O5/c1-15(2)20-12-16(3-6-22(20)30)11-18(14-29)25(32)28-9-7-19(8-10-28)26-24(31)21-13-23(33-27-21)17-4-5-17/h3,6,12-13,15,17-19,29-30H,4-5,7-11,14H2,1-2H3,(H,26,31)/t18-/m0/s1. The average Bonchev–Trinajstić information content (AvgIpc) is 3.54. The van der Waals surface area contributed by atoms with E-state index in [0.29, 0.717) is 44.0 Å². The van der Waals surface area contributed by atoms with Gasteiger partial charge < -0.3 is 25.0 Å². The van der Waals surface area contributed by atoms with Crippen molar-refractivity contribution < 1.29 is 24.3 Å². The topological polar surface area (TPSA) is 116 Å². The van der Waals surface area contributed by atoms with Crippen LogP contribution < -0.4 is 5.32 Å². The molecule has 1 aliphatic heterocycles. The van der Waals surface area contributed by atoms with E-state index < -0.39 is 5.92 Å². The summed E-state index contributed by atoms with van der Waals surface area (Å²) >= 11 is 0. The maximum atomic E-state index is 13.0. The Labute approximate surface area is 194 Å². The summed E-state index contributed by atoms with van der Waals surface area (Å²) in [5, 5.41) is 26.8. The molecule has 0 spiro atoms. The van der Waals surface area contributed by atoms with Gasteiger partial charge >= 0.3 is 0 Å². The molecule has 2 aliphatic rings. The van der Waals surface area contributed by atoms with Crippen LogP contribution in [0.2, 0.25) is 0 Å². The second-order valence-electron chi connectivity index (χ2n) is 9.59. The quantitative estimate of drug-likeness (QED) is 0.564. The molecule has 8 nitrogen and oxygen atoms in total. The first-order chi connectivity index (χ1) is 15.9. The van der Waals surface area contributed by atoms with Crippen LogP contribution in [0, 0.1) is 5.92 Å². The number of aromatic hydroxyl groups is 1. The number of nitrogens with one attached hydrogen (secondary N) is 1. The Morgan fingerprint density at radius 1 is 1.18 bits per heavy atom. The van der Waals surface area contributed by atoms with Gasteiger partial charge in [-0.15, -0.1) is 0 Å². The van der Waals surface area contributed by atoms with Crippen molar-refractivity contribution in [1.82, 2.24) is 15.4 Å². The lowest BCUT2D eigenvalue weighted by Crippen LogP contribution is -2.48. The maximum Gasteiger partial charge on any atom is 0.273 e. The van der Waals surface area contributed by atoms with Crippen LogP contribution in [0.25, 0.3) is 0 Å². The smallest absolute Gasteiger partial charge is 0.273 e. The molecule has 0 radical (unpaired) electrons. The number of nitrogens with zero attached hydrogens (tertiary/aromatic N) is 2. The second kappa shape index (κ2) is 9.95. The van der Waals surface area contributed by atoms with Crippen molar-refractivity contribution >= 4 is 11.8 Å². The first kappa shape index (κ1) is 23.3. The highest BCUT2D eigenvalue weighted by Crippen LogP contribution is 2.40. The van der Waals surface area contributed by atoms with Gasteiger partial charge in [0.05, 0.1) is 12.5 Å². The van der Waals surface area contributed by atoms with E-state index in [4.69, 9.17) is 4.52 Å². The molecule has 1 saturated heterocycles. The number of likely N-dealkylation sites (tertiary alicyclic amines) is 1. The van der Waals surface area contributed by atoms with Gasteiger partial charge in [0.15, 0.2) is 5.69 Å². The highest BCUT2D eigenvalue weighted by molar-refractivity contribution is 5.92. The lowest BCUT2D eigenvalue weighted by Gasteiger charge is -2.34. The van der Waals surface area contributed by atoms with Crippen molar-refractivity contribution in [3.8, 4) is 5.75 Å². The van der Waals surface area contributed by atoms with E-state index in [9.17, 15) is 19.8 Å². The van der Waals surface area contributed by atoms with E-state index in [1.807, 2.05) is 19.9 Å². The molecule has 1 aromatic heterocycles. The Kier molecular flexibility index (Phi) is 7.02. The largest absolute Gasteiger partial charge is 0.508 e. The molecule has 2 amide bonds. The van der Waals surface area contributed by atoms with Gasteiger partial charge in [-0.05, 0) is 55.2 Å². The number of aliphatic hydroxyl groups excluding tert-OH is 1. The Morgan fingerprint density at radius 2 is 1.91 bits per heavy atom. The van der Waals surface area contributed by atoms with E-state index in [1.165, 1.54) is 0 Å². The summed E-state index contributed by atoms with van der Waals surface area (Å²) in [4.78, 5) is 27.3. The van der Waals surface area contributed by atoms with Crippen molar-refractivity contribution in [3.63, 3.8) is 0 Å². The number of piperidine rings is 1. The molecule has 3 N–H and O–H groups in total. The summed E-state index contributed by atoms with van der Waals surface area (Å²) in [6.07, 6.45) is 3.90. The molecule has 1 saturated carbocycles. The summed E-state index contributed by atoms with van der Waals surface area (Å²) < 4.78 is 5.26. The Morgan fingerprint density at radius 3 is 2.55 bits per heavy atom. The molecular weight excluding hydrogens is 422 g/mol. The third-order valence-electron chi connectivity index (χ3n) is 6.65. The highest BCUT2D eigenvalue weighted by atomic mass is 16.5. The molecule has 178 valence electrons. The Hall–Kier alpha value is -2.87. The predicted octanol–water partition coefficient (Wildman–Crippen LogP) is 2.95. The fourth-order valence-electron chi connectivity index (χ4n) is 4.43. The number of aromatic nitrogens is 1. The van der Waals surface area contributed by atoms with Crippen LogP contribution in [-0.4, -0.2) is 57.8 Å². The van der Waals surface area contributed by atoms with Crippen LogP contribution in [0.15, 0.2) is 28.8 Å². The normalized spacial score (nSPS) is 17.9. The van der Waals surface area contributed by atoms with Gasteiger partial charge in [-0.1, -0.05) is 31.1 Å². The van der Waals surface area contributed by atoms with Crippen molar-refractivity contribution in [2.24, 2.45) is 5.92 Å². The highest BCUT2D eigenvalue weighted by Gasteiger charge is 2.31. The van der Waals surface area contributed by atoms with E-state index in [2.05, 4.69) is 10.5 Å². The van der Waals surface area contributed by atoms with Gasteiger partial charge in [-0.2, -0.15) is 0 Å². The molecule has 33 heavy (non-hydrogen) atoms. The van der Waals surface area contributed by atoms with Crippen LogP contribution >= 0.6 is 0 Å². The third kappa shape index (κ3) is 5.55. The molecule has 1 atom stereocenters. The lowest BCUT2D eigenvalue weighted by atomic mass is 9.93. The molecule has 1 aliphatic carbocycles. The van der Waals surface area contributed by atoms with Crippen LogP contribution in [-0.2, 0) is 11.2 Å². The number of hydrogen-bond acceptors (Lipinski definition) is 6. The molecule has 1 aromatic carbocycles. The number of amides is 2. The number of carbonyl (C=O) groups excluding carboxylic acids is 2. The Balaban J connectivity index is 1.29. The van der Waals surface area contributed by atoms with Gasteiger partial charge in [0, 0.05) is 31.1 Å². The number of aliphatic hydroxyl groups is 1. The first-order valence-electron chi connectivity index (χ1n) is 11.8. The lowest BCUT2D eigenvalue weighted by molar-refractivity contribution is -0.137. The minimum atomic E-state index is -0.531. The Bertz CT molecular complexity index is 990. The van der Waals surface area contributed by atoms with Crippen LogP contribution in [0.5, 0.6) is 5.75 Å². The zero-order chi connectivity index (χ0) is 23.5. The molecule has 2 aromatic rings. The van der Waals surface area contributed by atoms with Gasteiger partial charge in [-0.25, -0.2) is 0 Å². The first-order valence-corrected chi connectivity index (χ1v) is 11.8. The second-order valence-corrected chi connectivity index (χ2v) is 9.59. The molecular formula is C25H33N3O5. The molecule has 8 heteroatoms. The number of benzene rings is 1. The number of phenols is 1. The van der Waals surface area contributed by atoms with Gasteiger partial charge in [0.1, 0.15) is 11.5 Å². The zero-order valence-electron chi connectivity index (χ0n) is 19.3. The summed E-state index contributed by atoms with van der Waals surface area (Å²) in [5.41, 5.74) is 2.07. The van der Waals surface area contributed by atoms with Crippen molar-refractivity contribution in [2.75, 3.05) is 19.7 Å². The molecule has 0 bridgehead atoms. The van der Waals surface area contributed by atoms with E-state index in [-0.39, 0.29) is 36.1 Å². The fraction of sp³-hybridized carbons (Fsp3) is 0.560. The maximum absolute atomic E-state index is 13.0. The summed E-state index contributed by atoms with van der Waals surface area (Å²) in [5.74, 6) is 0.760. The minimum absolute atomic E-state index is 0.0269. The SMILES string of the molecule is CC(C)c1cc(C[C@@H](CO)C(=O)N2CCC(NC(=O)c3cc(C4CC4)on3)CC2)ccc1O. The van der Waals surface area contributed by atoms with E-state index >= 15 is 0 Å². The number of carbonyl (C=O) groups is 2. The van der Waals surface area contributed by atoms with Crippen molar-refractivity contribution in [3.05, 3.63) is 46.8 Å². The molecule has 4 rings (SSSR count). The van der Waals surface area contributed by atoms with E-state index in [1.54, 1.807) is 23.1 Å². The van der Waals surface area contributed by atoms with Crippen LogP contribution in [0.1, 0.15) is 78.7 Å². The minimum Gasteiger partial charge on any atom is -0.508 e. The fourth-order valence-corrected chi connectivity index (χ4v) is 4.43. The summed E-state index contributed by atoms with van der Waals surface area (Å²) in [7, 11) is 0. The van der Waals surface area contributed by atoms with Crippen LogP contribution in [0.4, 0.5) is 0 Å². The molecule has 2 heterocycles. The van der Waals surface area contributed by atoms with E-state index in [0.717, 1.165) is 29.7 Å². The van der Waals surface area contributed by atoms with Crippen molar-refractivity contribution in [2.45, 2.75) is 63.8 Å². The number of rotatable bonds is 8. The summed E-state index contributed by atoms with van der Waals surface area (Å²) in [6, 6.07) is 7.07. The van der Waals surface area contributed by atoms with Crippen LogP contribution in [0.3, 0.4) is 0 Å².